The quantitative estimate of drug-likeness (QED) is 0.565. The summed E-state index contributed by atoms with van der Waals surface area (Å²) in [7, 11) is 0. The Hall–Kier alpha value is 0.290. The number of alkyl halides is 1. The Morgan fingerprint density at radius 1 is 1.15 bits per heavy atom. The van der Waals surface area contributed by atoms with Crippen molar-refractivity contribution in [2.24, 2.45) is 5.92 Å². The van der Waals surface area contributed by atoms with E-state index in [9.17, 15) is 0 Å². The molecule has 0 aromatic carbocycles. The fraction of sp³-hybridized carbons (Fsp3) is 1.00. The van der Waals surface area contributed by atoms with Crippen LogP contribution in [0.4, 0.5) is 0 Å². The predicted octanol–water partition coefficient (Wildman–Crippen LogP) is 4.75. The zero-order chi connectivity index (χ0) is 9.52. The van der Waals surface area contributed by atoms with Crippen molar-refractivity contribution in [3.05, 3.63) is 0 Å². The van der Waals surface area contributed by atoms with Crippen molar-refractivity contribution in [2.75, 3.05) is 0 Å². The van der Waals surface area contributed by atoms with Gasteiger partial charge in [-0.25, -0.2) is 0 Å². The van der Waals surface area contributed by atoms with Crippen LogP contribution in [0.2, 0.25) is 0 Å². The number of rotatable bonds is 5. The molecular weight excluding hydrogens is 180 g/mol. The molecule has 78 valence electrons. The summed E-state index contributed by atoms with van der Waals surface area (Å²) in [5.74, 6) is 1.01. The molecule has 0 amide bonds. The molecule has 0 aliphatic heterocycles. The Morgan fingerprint density at radius 2 is 1.85 bits per heavy atom. The Kier molecular flexibility index (Phi) is 5.86. The Balaban J connectivity index is 2.03. The van der Waals surface area contributed by atoms with Crippen molar-refractivity contribution in [3.63, 3.8) is 0 Å². The third-order valence-corrected chi connectivity index (χ3v) is 3.65. The van der Waals surface area contributed by atoms with Gasteiger partial charge in [-0.1, -0.05) is 45.4 Å². The average Bonchev–Trinajstić information content (AvgIpc) is 2.17. The third-order valence-electron chi connectivity index (χ3n) is 3.21. The predicted molar refractivity (Wildman–Crippen MR) is 60.4 cm³/mol. The summed E-state index contributed by atoms with van der Waals surface area (Å²) >= 11 is 6.20. The summed E-state index contributed by atoms with van der Waals surface area (Å²) in [5.41, 5.74) is 0. The zero-order valence-electron chi connectivity index (χ0n) is 8.90. The van der Waals surface area contributed by atoms with Crippen molar-refractivity contribution < 1.29 is 0 Å². The van der Waals surface area contributed by atoms with Gasteiger partial charge in [-0.15, -0.1) is 11.6 Å². The van der Waals surface area contributed by atoms with Crippen LogP contribution in [0.5, 0.6) is 0 Å². The van der Waals surface area contributed by atoms with Gasteiger partial charge < -0.3 is 0 Å². The van der Waals surface area contributed by atoms with Crippen LogP contribution in [0, 0.1) is 5.92 Å². The molecule has 0 radical (unpaired) electrons. The molecule has 0 N–H and O–H groups in total. The lowest BCUT2D eigenvalue weighted by molar-refractivity contribution is 0.329. The highest BCUT2D eigenvalue weighted by Crippen LogP contribution is 2.28. The minimum atomic E-state index is 0.451. The Bertz CT molecular complexity index is 116. The molecular formula is C12H23Cl. The Morgan fingerprint density at radius 3 is 2.46 bits per heavy atom. The minimum Gasteiger partial charge on any atom is -0.123 e. The van der Waals surface area contributed by atoms with Crippen LogP contribution in [-0.2, 0) is 0 Å². The molecule has 1 rings (SSSR count). The van der Waals surface area contributed by atoms with Crippen molar-refractivity contribution in [3.8, 4) is 0 Å². The van der Waals surface area contributed by atoms with E-state index < -0.39 is 0 Å². The maximum Gasteiger partial charge on any atom is 0.0336 e. The second kappa shape index (κ2) is 6.70. The monoisotopic (exact) mass is 202 g/mol. The van der Waals surface area contributed by atoms with E-state index in [1.807, 2.05) is 0 Å². The molecule has 1 aliphatic rings. The first kappa shape index (κ1) is 11.4. The first-order valence-electron chi connectivity index (χ1n) is 5.97. The van der Waals surface area contributed by atoms with Crippen LogP contribution >= 0.6 is 11.6 Å². The molecule has 0 heterocycles. The summed E-state index contributed by atoms with van der Waals surface area (Å²) in [6.07, 6.45) is 12.4. The van der Waals surface area contributed by atoms with E-state index >= 15 is 0 Å². The molecule has 0 saturated heterocycles. The summed E-state index contributed by atoms with van der Waals surface area (Å²) in [6.45, 7) is 2.22. The van der Waals surface area contributed by atoms with E-state index in [1.54, 1.807) is 0 Å². The van der Waals surface area contributed by atoms with Crippen molar-refractivity contribution >= 4 is 11.6 Å². The lowest BCUT2D eigenvalue weighted by Crippen LogP contribution is -2.09. The number of hydrogen-bond acceptors (Lipinski definition) is 0. The van der Waals surface area contributed by atoms with E-state index in [0.717, 1.165) is 5.92 Å². The van der Waals surface area contributed by atoms with Gasteiger partial charge in [0, 0.05) is 5.38 Å². The van der Waals surface area contributed by atoms with Crippen molar-refractivity contribution in [1.29, 1.82) is 0 Å². The fourth-order valence-corrected chi connectivity index (χ4v) is 2.69. The van der Waals surface area contributed by atoms with Crippen LogP contribution < -0.4 is 0 Å². The lowest BCUT2D eigenvalue weighted by atomic mass is 9.85. The van der Waals surface area contributed by atoms with Crippen LogP contribution in [0.15, 0.2) is 0 Å². The van der Waals surface area contributed by atoms with E-state index in [4.69, 9.17) is 11.6 Å². The minimum absolute atomic E-state index is 0.451. The summed E-state index contributed by atoms with van der Waals surface area (Å²) in [6, 6.07) is 0. The Labute approximate surface area is 88.1 Å². The molecule has 13 heavy (non-hydrogen) atoms. The van der Waals surface area contributed by atoms with Crippen molar-refractivity contribution in [2.45, 2.75) is 70.1 Å². The molecule has 0 bridgehead atoms. The normalized spacial score (nSPS) is 21.7. The smallest absolute Gasteiger partial charge is 0.0336 e. The van der Waals surface area contributed by atoms with Gasteiger partial charge in [0.05, 0.1) is 0 Å². The van der Waals surface area contributed by atoms with Gasteiger partial charge >= 0.3 is 0 Å². The maximum absolute atomic E-state index is 6.20. The van der Waals surface area contributed by atoms with Gasteiger partial charge in [0.15, 0.2) is 0 Å². The lowest BCUT2D eigenvalue weighted by Gasteiger charge is -2.22. The van der Waals surface area contributed by atoms with E-state index in [-0.39, 0.29) is 0 Å². The highest BCUT2D eigenvalue weighted by atomic mass is 35.5. The summed E-state index contributed by atoms with van der Waals surface area (Å²) in [5, 5.41) is 0.451. The molecule has 0 aromatic heterocycles. The van der Waals surface area contributed by atoms with Gasteiger partial charge in [-0.05, 0) is 25.2 Å². The van der Waals surface area contributed by atoms with Gasteiger partial charge in [-0.2, -0.15) is 0 Å². The van der Waals surface area contributed by atoms with Gasteiger partial charge in [0.25, 0.3) is 0 Å². The fourth-order valence-electron chi connectivity index (χ4n) is 2.35. The number of halogens is 1. The first-order valence-corrected chi connectivity index (χ1v) is 6.40. The van der Waals surface area contributed by atoms with Crippen LogP contribution in [0.3, 0.4) is 0 Å². The van der Waals surface area contributed by atoms with E-state index in [2.05, 4.69) is 6.92 Å². The maximum atomic E-state index is 6.20. The summed E-state index contributed by atoms with van der Waals surface area (Å²) < 4.78 is 0. The van der Waals surface area contributed by atoms with Gasteiger partial charge in [0.2, 0.25) is 0 Å². The van der Waals surface area contributed by atoms with Gasteiger partial charge in [0.1, 0.15) is 0 Å². The average molecular weight is 203 g/mol. The molecule has 1 fully saturated rings. The van der Waals surface area contributed by atoms with Crippen LogP contribution in [0.25, 0.3) is 0 Å². The molecule has 1 atom stereocenters. The second-order valence-electron chi connectivity index (χ2n) is 4.47. The van der Waals surface area contributed by atoms with Crippen molar-refractivity contribution in [1.82, 2.24) is 0 Å². The third kappa shape index (κ3) is 4.90. The van der Waals surface area contributed by atoms with Gasteiger partial charge in [-0.3, -0.25) is 0 Å². The SMILES string of the molecule is CCCC(Cl)CCC1CCCCC1. The number of hydrogen-bond donors (Lipinski definition) is 0. The van der Waals surface area contributed by atoms with Crippen LogP contribution in [0.1, 0.15) is 64.7 Å². The highest BCUT2D eigenvalue weighted by molar-refractivity contribution is 6.20. The second-order valence-corrected chi connectivity index (χ2v) is 5.08. The molecule has 0 aromatic rings. The largest absolute Gasteiger partial charge is 0.123 e. The topological polar surface area (TPSA) is 0 Å². The highest BCUT2D eigenvalue weighted by Gasteiger charge is 2.14. The van der Waals surface area contributed by atoms with E-state index in [0.29, 0.717) is 5.38 Å². The molecule has 1 saturated carbocycles. The summed E-state index contributed by atoms with van der Waals surface area (Å²) in [4.78, 5) is 0. The van der Waals surface area contributed by atoms with Crippen LogP contribution in [-0.4, -0.2) is 5.38 Å². The molecule has 1 unspecified atom stereocenters. The zero-order valence-corrected chi connectivity index (χ0v) is 9.65. The standard InChI is InChI=1S/C12H23Cl/c1-2-6-12(13)10-9-11-7-4-3-5-8-11/h11-12H,2-10H2,1H3. The first-order chi connectivity index (χ1) is 6.33. The molecule has 0 spiro atoms. The van der Waals surface area contributed by atoms with E-state index in [1.165, 1.54) is 57.8 Å². The molecule has 1 aliphatic carbocycles. The molecule has 0 nitrogen and oxygen atoms in total. The molecule has 1 heteroatoms.